The van der Waals surface area contributed by atoms with Gasteiger partial charge in [0.15, 0.2) is 5.78 Å². The molecule has 0 aliphatic heterocycles. The first kappa shape index (κ1) is 16.8. The quantitative estimate of drug-likeness (QED) is 0.684. The molecule has 0 aliphatic carbocycles. The molecule has 0 spiro atoms. The smallest absolute Gasteiger partial charge is 0.194 e. The monoisotopic (exact) mass is 338 g/mol. The summed E-state index contributed by atoms with van der Waals surface area (Å²) in [5.41, 5.74) is 3.17. The topological polar surface area (TPSA) is 42.0 Å². The minimum Gasteiger partial charge on any atom is -0.338 e. The number of aromatic nitrogens is 1. The Hall–Kier alpha value is -3.08. The van der Waals surface area contributed by atoms with Crippen LogP contribution in [0.4, 0.5) is 20.3 Å². The zero-order valence-corrected chi connectivity index (χ0v) is 13.8. The van der Waals surface area contributed by atoms with Gasteiger partial charge in [-0.1, -0.05) is 23.8 Å². The number of carbonyl (C=O) groups is 1. The highest BCUT2D eigenvalue weighted by atomic mass is 19.1. The van der Waals surface area contributed by atoms with Crippen molar-refractivity contribution in [2.75, 3.05) is 5.32 Å². The Kier molecular flexibility index (Phi) is 4.57. The third-order valence-electron chi connectivity index (χ3n) is 3.85. The molecular formula is C20H16F2N2O. The van der Waals surface area contributed by atoms with Crippen LogP contribution in [-0.4, -0.2) is 10.8 Å². The lowest BCUT2D eigenvalue weighted by Gasteiger charge is -2.09. The number of anilines is 2. The van der Waals surface area contributed by atoms with Crippen LogP contribution in [0, 0.1) is 25.5 Å². The first-order valence-corrected chi connectivity index (χ1v) is 7.74. The van der Waals surface area contributed by atoms with Crippen molar-refractivity contribution < 1.29 is 13.6 Å². The van der Waals surface area contributed by atoms with E-state index in [9.17, 15) is 13.6 Å². The Morgan fingerprint density at radius 1 is 1.00 bits per heavy atom. The van der Waals surface area contributed by atoms with E-state index in [1.54, 1.807) is 18.2 Å². The Morgan fingerprint density at radius 3 is 2.44 bits per heavy atom. The van der Waals surface area contributed by atoms with Gasteiger partial charge in [0.1, 0.15) is 17.5 Å². The number of benzene rings is 2. The van der Waals surface area contributed by atoms with Gasteiger partial charge < -0.3 is 5.32 Å². The van der Waals surface area contributed by atoms with E-state index in [0.29, 0.717) is 16.9 Å². The van der Waals surface area contributed by atoms with Gasteiger partial charge in [0.05, 0.1) is 5.69 Å². The summed E-state index contributed by atoms with van der Waals surface area (Å²) in [6.45, 7) is 3.86. The van der Waals surface area contributed by atoms with Crippen LogP contribution >= 0.6 is 0 Å². The molecule has 5 heteroatoms. The summed E-state index contributed by atoms with van der Waals surface area (Å²) in [6.07, 6.45) is 1.44. The summed E-state index contributed by atoms with van der Waals surface area (Å²) in [6, 6.07) is 12.1. The van der Waals surface area contributed by atoms with Crippen LogP contribution in [0.15, 0.2) is 54.7 Å². The number of hydrogen-bond donors (Lipinski definition) is 1. The van der Waals surface area contributed by atoms with Gasteiger partial charge in [0, 0.05) is 23.4 Å². The molecule has 0 radical (unpaired) electrons. The molecule has 1 N–H and O–H groups in total. The van der Waals surface area contributed by atoms with E-state index in [4.69, 9.17) is 0 Å². The van der Waals surface area contributed by atoms with Crippen LogP contribution in [-0.2, 0) is 0 Å². The molecule has 3 rings (SSSR count). The summed E-state index contributed by atoms with van der Waals surface area (Å²) in [4.78, 5) is 16.7. The van der Waals surface area contributed by atoms with E-state index < -0.39 is 11.6 Å². The van der Waals surface area contributed by atoms with E-state index in [1.165, 1.54) is 12.3 Å². The van der Waals surface area contributed by atoms with E-state index >= 15 is 0 Å². The Bertz CT molecular complexity index is 937. The molecule has 0 aliphatic rings. The third-order valence-corrected chi connectivity index (χ3v) is 3.85. The number of pyridine rings is 1. The van der Waals surface area contributed by atoms with Gasteiger partial charge in [0.25, 0.3) is 0 Å². The lowest BCUT2D eigenvalue weighted by Crippen LogP contribution is -2.05. The summed E-state index contributed by atoms with van der Waals surface area (Å²) >= 11 is 0. The average molecular weight is 338 g/mol. The number of halogens is 2. The van der Waals surface area contributed by atoms with Crippen LogP contribution in [0.25, 0.3) is 0 Å². The number of ketones is 1. The number of carbonyl (C=O) groups excluding carboxylic acids is 1. The van der Waals surface area contributed by atoms with Crippen molar-refractivity contribution in [2.45, 2.75) is 13.8 Å². The van der Waals surface area contributed by atoms with Gasteiger partial charge >= 0.3 is 0 Å². The normalized spacial score (nSPS) is 10.6. The first-order valence-electron chi connectivity index (χ1n) is 7.74. The highest BCUT2D eigenvalue weighted by Gasteiger charge is 2.12. The second-order valence-electron chi connectivity index (χ2n) is 5.83. The Balaban J connectivity index is 1.81. The van der Waals surface area contributed by atoms with Crippen LogP contribution < -0.4 is 5.32 Å². The summed E-state index contributed by atoms with van der Waals surface area (Å²) in [7, 11) is 0. The number of nitrogens with one attached hydrogen (secondary N) is 1. The fourth-order valence-electron chi connectivity index (χ4n) is 2.55. The highest BCUT2D eigenvalue weighted by Crippen LogP contribution is 2.21. The van der Waals surface area contributed by atoms with Crippen molar-refractivity contribution >= 4 is 17.3 Å². The second-order valence-corrected chi connectivity index (χ2v) is 5.83. The number of rotatable bonds is 4. The summed E-state index contributed by atoms with van der Waals surface area (Å²) < 4.78 is 26.6. The molecule has 0 saturated carbocycles. The van der Waals surface area contributed by atoms with Crippen LogP contribution in [0.3, 0.4) is 0 Å². The predicted octanol–water partition coefficient (Wildman–Crippen LogP) is 4.95. The van der Waals surface area contributed by atoms with Crippen molar-refractivity contribution in [1.29, 1.82) is 0 Å². The first-order chi connectivity index (χ1) is 11.9. The largest absolute Gasteiger partial charge is 0.338 e. The van der Waals surface area contributed by atoms with E-state index in [1.807, 2.05) is 26.0 Å². The summed E-state index contributed by atoms with van der Waals surface area (Å²) in [5.74, 6) is -1.12. The summed E-state index contributed by atoms with van der Waals surface area (Å²) in [5, 5.41) is 2.76. The second kappa shape index (κ2) is 6.81. The fourth-order valence-corrected chi connectivity index (χ4v) is 2.55. The molecule has 0 saturated heterocycles. The maximum absolute atomic E-state index is 13.7. The van der Waals surface area contributed by atoms with Crippen LogP contribution in [0.5, 0.6) is 0 Å². The Morgan fingerprint density at radius 2 is 1.80 bits per heavy atom. The zero-order chi connectivity index (χ0) is 18.0. The minimum absolute atomic E-state index is 0.113. The zero-order valence-electron chi connectivity index (χ0n) is 13.8. The van der Waals surface area contributed by atoms with E-state index in [-0.39, 0.29) is 11.5 Å². The van der Waals surface area contributed by atoms with Crippen molar-refractivity contribution in [1.82, 2.24) is 4.98 Å². The maximum atomic E-state index is 13.7. The van der Waals surface area contributed by atoms with E-state index in [2.05, 4.69) is 10.3 Å². The average Bonchev–Trinajstić information content (AvgIpc) is 2.57. The SMILES string of the molecule is Cc1ccc(C(=O)c2ccc(Nc3ccc(F)cc3F)nc2)c(C)c1. The fraction of sp³-hybridized carbons (Fsp3) is 0.100. The van der Waals surface area contributed by atoms with Gasteiger partial charge in [-0.3, -0.25) is 4.79 Å². The van der Waals surface area contributed by atoms with Gasteiger partial charge in [-0.05, 0) is 43.7 Å². The molecule has 3 nitrogen and oxygen atoms in total. The molecule has 2 aromatic carbocycles. The van der Waals surface area contributed by atoms with Crippen molar-refractivity contribution in [3.63, 3.8) is 0 Å². The number of nitrogens with zero attached hydrogens (tertiary/aromatic N) is 1. The molecule has 25 heavy (non-hydrogen) atoms. The van der Waals surface area contributed by atoms with Gasteiger partial charge in [-0.15, -0.1) is 0 Å². The lowest BCUT2D eigenvalue weighted by molar-refractivity contribution is 0.103. The van der Waals surface area contributed by atoms with Gasteiger partial charge in [-0.25, -0.2) is 13.8 Å². The molecule has 3 aromatic rings. The van der Waals surface area contributed by atoms with Gasteiger partial charge in [-0.2, -0.15) is 0 Å². The van der Waals surface area contributed by atoms with Crippen LogP contribution in [0.1, 0.15) is 27.0 Å². The molecule has 0 bridgehead atoms. The Labute approximate surface area is 144 Å². The predicted molar refractivity (Wildman–Crippen MR) is 93.2 cm³/mol. The molecule has 0 amide bonds. The number of aryl methyl sites for hydroxylation is 2. The van der Waals surface area contributed by atoms with Gasteiger partial charge in [0.2, 0.25) is 0 Å². The highest BCUT2D eigenvalue weighted by molar-refractivity contribution is 6.09. The van der Waals surface area contributed by atoms with Crippen molar-refractivity contribution in [3.8, 4) is 0 Å². The lowest BCUT2D eigenvalue weighted by atomic mass is 9.98. The molecule has 126 valence electrons. The molecule has 1 aromatic heterocycles. The molecular weight excluding hydrogens is 322 g/mol. The standard InChI is InChI=1S/C20H16F2N2O/c1-12-3-6-16(13(2)9-12)20(25)14-4-8-19(23-11-14)24-18-7-5-15(21)10-17(18)22/h3-11H,1-2H3,(H,23,24). The minimum atomic E-state index is -0.711. The molecule has 0 unspecified atom stereocenters. The van der Waals surface area contributed by atoms with Crippen molar-refractivity contribution in [3.05, 3.63) is 88.6 Å². The van der Waals surface area contributed by atoms with E-state index in [0.717, 1.165) is 23.3 Å². The van der Waals surface area contributed by atoms with Crippen LogP contribution in [0.2, 0.25) is 0 Å². The van der Waals surface area contributed by atoms with Crippen molar-refractivity contribution in [2.24, 2.45) is 0 Å². The molecule has 1 heterocycles. The third kappa shape index (κ3) is 3.71. The maximum Gasteiger partial charge on any atom is 0.194 e. The number of hydrogen-bond acceptors (Lipinski definition) is 3. The molecule has 0 atom stereocenters. The molecule has 0 fully saturated rings.